The van der Waals surface area contributed by atoms with Crippen molar-refractivity contribution in [1.29, 1.82) is 0 Å². The molecule has 0 bridgehead atoms. The Kier molecular flexibility index (Phi) is 3.65. The van der Waals surface area contributed by atoms with Gasteiger partial charge in [-0.3, -0.25) is 14.3 Å². The van der Waals surface area contributed by atoms with Gasteiger partial charge in [0.05, 0.1) is 23.0 Å². The summed E-state index contributed by atoms with van der Waals surface area (Å²) in [7, 11) is 1.81. The second-order valence-electron chi connectivity index (χ2n) is 5.76. The summed E-state index contributed by atoms with van der Waals surface area (Å²) in [6, 6.07) is -0.358. The lowest BCUT2D eigenvalue weighted by atomic mass is 10.1. The van der Waals surface area contributed by atoms with Gasteiger partial charge in [-0.2, -0.15) is 5.10 Å². The Morgan fingerprint density at radius 1 is 1.38 bits per heavy atom. The van der Waals surface area contributed by atoms with E-state index >= 15 is 0 Å². The summed E-state index contributed by atoms with van der Waals surface area (Å²) in [5.41, 5.74) is 1.60. The van der Waals surface area contributed by atoms with Gasteiger partial charge in [0.2, 0.25) is 11.8 Å². The molecule has 1 N–H and O–H groups in total. The number of carbonyl (C=O) groups is 2. The standard InChI is InChI=1S/C14H19ClN4O2/c1-3-9-12(15)10(18(2)17-9)6-19-7-11(20)16-13(14(19)21)8-4-5-8/h8,13H,3-7H2,1-2H3,(H,16,20). The Morgan fingerprint density at radius 3 is 2.67 bits per heavy atom. The van der Waals surface area contributed by atoms with Gasteiger partial charge in [-0.25, -0.2) is 0 Å². The molecule has 114 valence electrons. The van der Waals surface area contributed by atoms with Gasteiger partial charge in [0, 0.05) is 7.05 Å². The topological polar surface area (TPSA) is 67.2 Å². The number of nitrogens with zero attached hydrogens (tertiary/aromatic N) is 3. The molecule has 2 fully saturated rings. The van der Waals surface area contributed by atoms with Crippen molar-refractivity contribution in [3.8, 4) is 0 Å². The first kappa shape index (κ1) is 14.4. The molecule has 1 aliphatic carbocycles. The Balaban J connectivity index is 1.81. The van der Waals surface area contributed by atoms with Crippen LogP contribution >= 0.6 is 11.6 Å². The molecule has 2 aliphatic rings. The van der Waals surface area contributed by atoms with Gasteiger partial charge < -0.3 is 10.2 Å². The Labute approximate surface area is 128 Å². The highest BCUT2D eigenvalue weighted by atomic mass is 35.5. The molecule has 1 unspecified atom stereocenters. The number of nitrogens with one attached hydrogen (secondary N) is 1. The maximum absolute atomic E-state index is 12.5. The second kappa shape index (κ2) is 5.33. The first-order valence-corrected chi connectivity index (χ1v) is 7.67. The number of carbonyl (C=O) groups excluding carboxylic acids is 2. The second-order valence-corrected chi connectivity index (χ2v) is 6.14. The lowest BCUT2D eigenvalue weighted by molar-refractivity contribution is -0.145. The third kappa shape index (κ3) is 2.64. The van der Waals surface area contributed by atoms with Crippen LogP contribution in [0, 0.1) is 5.92 Å². The third-order valence-electron chi connectivity index (χ3n) is 4.17. The van der Waals surface area contributed by atoms with E-state index in [1.54, 1.807) is 9.58 Å². The molecule has 0 aromatic carbocycles. The molecule has 7 heteroatoms. The van der Waals surface area contributed by atoms with Crippen molar-refractivity contribution in [3.63, 3.8) is 0 Å². The van der Waals surface area contributed by atoms with Crippen LogP contribution in [0.4, 0.5) is 0 Å². The van der Waals surface area contributed by atoms with Gasteiger partial charge in [-0.1, -0.05) is 18.5 Å². The number of piperazine rings is 1. The van der Waals surface area contributed by atoms with Gasteiger partial charge in [0.1, 0.15) is 12.6 Å². The lowest BCUT2D eigenvalue weighted by Gasteiger charge is -2.32. The number of aryl methyl sites for hydroxylation is 2. The molecule has 1 aromatic rings. The van der Waals surface area contributed by atoms with Crippen LogP contribution in [0.3, 0.4) is 0 Å². The number of rotatable bonds is 4. The summed E-state index contributed by atoms with van der Waals surface area (Å²) in [5.74, 6) is 0.199. The Morgan fingerprint density at radius 2 is 2.10 bits per heavy atom. The molecule has 1 saturated carbocycles. The van der Waals surface area contributed by atoms with Crippen molar-refractivity contribution in [2.75, 3.05) is 6.54 Å². The molecule has 21 heavy (non-hydrogen) atoms. The van der Waals surface area contributed by atoms with Gasteiger partial charge in [0.15, 0.2) is 0 Å². The zero-order chi connectivity index (χ0) is 15.1. The van der Waals surface area contributed by atoms with E-state index in [1.807, 2.05) is 14.0 Å². The van der Waals surface area contributed by atoms with Crippen molar-refractivity contribution in [2.24, 2.45) is 13.0 Å². The van der Waals surface area contributed by atoms with E-state index in [9.17, 15) is 9.59 Å². The minimum Gasteiger partial charge on any atom is -0.342 e. The molecule has 2 amide bonds. The van der Waals surface area contributed by atoms with Crippen LogP contribution in [-0.2, 0) is 29.6 Å². The van der Waals surface area contributed by atoms with E-state index in [2.05, 4.69) is 10.4 Å². The number of hydrogen-bond donors (Lipinski definition) is 1. The molecule has 1 atom stereocenters. The van der Waals surface area contributed by atoms with Crippen LogP contribution in [-0.4, -0.2) is 39.1 Å². The number of halogens is 1. The summed E-state index contributed by atoms with van der Waals surface area (Å²) in [4.78, 5) is 25.9. The lowest BCUT2D eigenvalue weighted by Crippen LogP contribution is -2.58. The van der Waals surface area contributed by atoms with E-state index in [4.69, 9.17) is 11.6 Å². The fourth-order valence-electron chi connectivity index (χ4n) is 2.78. The molecular formula is C14H19ClN4O2. The van der Waals surface area contributed by atoms with Crippen LogP contribution in [0.15, 0.2) is 0 Å². The summed E-state index contributed by atoms with van der Waals surface area (Å²) >= 11 is 6.32. The molecular weight excluding hydrogens is 292 g/mol. The predicted molar refractivity (Wildman–Crippen MR) is 77.7 cm³/mol. The molecule has 0 spiro atoms. The van der Waals surface area contributed by atoms with Gasteiger partial charge in [0.25, 0.3) is 0 Å². The minimum absolute atomic E-state index is 0.00702. The van der Waals surface area contributed by atoms with Crippen LogP contribution in [0.2, 0.25) is 5.02 Å². The first-order chi connectivity index (χ1) is 10.0. The summed E-state index contributed by atoms with van der Waals surface area (Å²) in [6.07, 6.45) is 2.76. The maximum atomic E-state index is 12.5. The van der Waals surface area contributed by atoms with Crippen molar-refractivity contribution in [2.45, 2.75) is 38.8 Å². The quantitative estimate of drug-likeness (QED) is 0.897. The normalized spacial score (nSPS) is 22.6. The van der Waals surface area contributed by atoms with Crippen molar-refractivity contribution in [1.82, 2.24) is 20.0 Å². The molecule has 1 aromatic heterocycles. The zero-order valence-electron chi connectivity index (χ0n) is 12.2. The molecule has 2 heterocycles. The molecule has 1 saturated heterocycles. The SMILES string of the molecule is CCc1nn(C)c(CN2CC(=O)NC(C3CC3)C2=O)c1Cl. The monoisotopic (exact) mass is 310 g/mol. The van der Waals surface area contributed by atoms with Crippen LogP contribution < -0.4 is 5.32 Å². The van der Waals surface area contributed by atoms with E-state index < -0.39 is 0 Å². The first-order valence-electron chi connectivity index (χ1n) is 7.29. The molecule has 6 nitrogen and oxygen atoms in total. The van der Waals surface area contributed by atoms with Crippen molar-refractivity contribution >= 4 is 23.4 Å². The number of aromatic nitrogens is 2. The maximum Gasteiger partial charge on any atom is 0.246 e. The average Bonchev–Trinajstić information content (AvgIpc) is 3.24. The smallest absolute Gasteiger partial charge is 0.246 e. The van der Waals surface area contributed by atoms with Crippen LogP contribution in [0.5, 0.6) is 0 Å². The summed E-state index contributed by atoms with van der Waals surface area (Å²) in [6.45, 7) is 2.41. The van der Waals surface area contributed by atoms with Crippen molar-refractivity contribution < 1.29 is 9.59 Å². The van der Waals surface area contributed by atoms with E-state index in [0.717, 1.165) is 30.7 Å². The van der Waals surface area contributed by atoms with Crippen molar-refractivity contribution in [3.05, 3.63) is 16.4 Å². The van der Waals surface area contributed by atoms with Gasteiger partial charge >= 0.3 is 0 Å². The fraction of sp³-hybridized carbons (Fsp3) is 0.643. The highest BCUT2D eigenvalue weighted by Gasteiger charge is 2.42. The molecule has 1 aliphatic heterocycles. The van der Waals surface area contributed by atoms with Gasteiger partial charge in [-0.15, -0.1) is 0 Å². The highest BCUT2D eigenvalue weighted by molar-refractivity contribution is 6.31. The van der Waals surface area contributed by atoms with E-state index in [1.165, 1.54) is 0 Å². The van der Waals surface area contributed by atoms with Gasteiger partial charge in [-0.05, 0) is 25.2 Å². The Bertz CT molecular complexity index is 594. The summed E-state index contributed by atoms with van der Waals surface area (Å²) < 4.78 is 1.70. The minimum atomic E-state index is -0.358. The largest absolute Gasteiger partial charge is 0.342 e. The summed E-state index contributed by atoms with van der Waals surface area (Å²) in [5, 5.41) is 7.75. The third-order valence-corrected chi connectivity index (χ3v) is 4.60. The molecule has 0 radical (unpaired) electrons. The highest BCUT2D eigenvalue weighted by Crippen LogP contribution is 2.34. The number of hydrogen-bond acceptors (Lipinski definition) is 3. The zero-order valence-corrected chi connectivity index (χ0v) is 13.0. The fourth-order valence-corrected chi connectivity index (χ4v) is 3.14. The molecule has 3 rings (SSSR count). The predicted octanol–water partition coefficient (Wildman–Crippen LogP) is 0.873. The number of amides is 2. The van der Waals surface area contributed by atoms with E-state index in [-0.39, 0.29) is 24.4 Å². The van der Waals surface area contributed by atoms with E-state index in [0.29, 0.717) is 17.5 Å². The average molecular weight is 311 g/mol. The Hall–Kier alpha value is -1.56. The van der Waals surface area contributed by atoms with Crippen LogP contribution in [0.1, 0.15) is 31.2 Å². The van der Waals surface area contributed by atoms with Crippen LogP contribution in [0.25, 0.3) is 0 Å².